The second kappa shape index (κ2) is 8.82. The molecule has 2 aromatic carbocycles. The molecule has 0 spiro atoms. The standard InChI is InChI=1S/C22H27N3O2/c1-17-7-5-10-19(15-17)22(27)25-12-6-11-24(13-14-25)21(26)16-20(23)18-8-3-2-4-9-18/h2-5,7-10,15,20H,6,11-14,16,23H2,1H3. The Hall–Kier alpha value is -2.66. The molecule has 1 unspecified atom stereocenters. The molecular formula is C22H27N3O2. The molecule has 2 aromatic rings. The van der Waals surface area contributed by atoms with Crippen molar-refractivity contribution in [2.24, 2.45) is 5.73 Å². The van der Waals surface area contributed by atoms with E-state index in [0.717, 1.165) is 17.5 Å². The van der Waals surface area contributed by atoms with Crippen molar-refractivity contribution in [3.8, 4) is 0 Å². The van der Waals surface area contributed by atoms with Crippen LogP contribution in [0.25, 0.3) is 0 Å². The molecule has 3 rings (SSSR count). The molecule has 0 aromatic heterocycles. The van der Waals surface area contributed by atoms with E-state index in [4.69, 9.17) is 5.73 Å². The van der Waals surface area contributed by atoms with E-state index in [0.29, 0.717) is 31.7 Å². The van der Waals surface area contributed by atoms with Crippen LogP contribution in [0, 0.1) is 6.92 Å². The predicted molar refractivity (Wildman–Crippen MR) is 106 cm³/mol. The van der Waals surface area contributed by atoms with Crippen molar-refractivity contribution < 1.29 is 9.59 Å². The molecule has 27 heavy (non-hydrogen) atoms. The molecule has 1 atom stereocenters. The summed E-state index contributed by atoms with van der Waals surface area (Å²) in [5, 5.41) is 0. The van der Waals surface area contributed by atoms with Crippen LogP contribution in [0.4, 0.5) is 0 Å². The van der Waals surface area contributed by atoms with E-state index in [-0.39, 0.29) is 24.3 Å². The number of nitrogens with zero attached hydrogens (tertiary/aromatic N) is 2. The highest BCUT2D eigenvalue weighted by atomic mass is 16.2. The van der Waals surface area contributed by atoms with Gasteiger partial charge in [-0.25, -0.2) is 0 Å². The van der Waals surface area contributed by atoms with Crippen LogP contribution < -0.4 is 5.73 Å². The Morgan fingerprint density at radius 1 is 0.963 bits per heavy atom. The quantitative estimate of drug-likeness (QED) is 0.906. The zero-order chi connectivity index (χ0) is 19.2. The predicted octanol–water partition coefficient (Wildman–Crippen LogP) is 2.76. The molecule has 0 radical (unpaired) electrons. The van der Waals surface area contributed by atoms with Crippen molar-refractivity contribution in [3.63, 3.8) is 0 Å². The summed E-state index contributed by atoms with van der Waals surface area (Å²) in [6, 6.07) is 17.0. The first-order valence-corrected chi connectivity index (χ1v) is 9.49. The highest BCUT2D eigenvalue weighted by Gasteiger charge is 2.24. The van der Waals surface area contributed by atoms with E-state index < -0.39 is 0 Å². The summed E-state index contributed by atoms with van der Waals surface area (Å²) in [4.78, 5) is 29.1. The van der Waals surface area contributed by atoms with Gasteiger partial charge in [0.15, 0.2) is 0 Å². The van der Waals surface area contributed by atoms with Crippen LogP contribution in [0.15, 0.2) is 54.6 Å². The molecule has 2 amide bonds. The van der Waals surface area contributed by atoms with Crippen molar-refractivity contribution in [1.29, 1.82) is 0 Å². The Balaban J connectivity index is 1.57. The summed E-state index contributed by atoms with van der Waals surface area (Å²) in [6.45, 7) is 4.42. The molecule has 0 saturated carbocycles. The minimum absolute atomic E-state index is 0.0361. The molecule has 1 heterocycles. The van der Waals surface area contributed by atoms with Crippen LogP contribution >= 0.6 is 0 Å². The maximum absolute atomic E-state index is 12.7. The molecular weight excluding hydrogens is 338 g/mol. The van der Waals surface area contributed by atoms with Gasteiger partial charge in [0.2, 0.25) is 5.91 Å². The summed E-state index contributed by atoms with van der Waals surface area (Å²) in [5.41, 5.74) is 8.95. The third-order valence-corrected chi connectivity index (χ3v) is 5.02. The van der Waals surface area contributed by atoms with Crippen LogP contribution in [0.5, 0.6) is 0 Å². The van der Waals surface area contributed by atoms with Gasteiger partial charge in [-0.05, 0) is 31.0 Å². The Kier molecular flexibility index (Phi) is 6.24. The van der Waals surface area contributed by atoms with E-state index in [1.807, 2.05) is 71.3 Å². The lowest BCUT2D eigenvalue weighted by Crippen LogP contribution is -2.38. The number of benzene rings is 2. The molecule has 2 N–H and O–H groups in total. The fourth-order valence-corrected chi connectivity index (χ4v) is 3.47. The maximum Gasteiger partial charge on any atom is 0.253 e. The fraction of sp³-hybridized carbons (Fsp3) is 0.364. The molecule has 0 bridgehead atoms. The topological polar surface area (TPSA) is 66.6 Å². The van der Waals surface area contributed by atoms with Gasteiger partial charge in [0.05, 0.1) is 0 Å². The van der Waals surface area contributed by atoms with Crippen molar-refractivity contribution >= 4 is 11.8 Å². The van der Waals surface area contributed by atoms with Crippen LogP contribution in [0.1, 0.15) is 40.4 Å². The molecule has 1 aliphatic heterocycles. The Morgan fingerprint density at radius 2 is 1.67 bits per heavy atom. The molecule has 1 fully saturated rings. The van der Waals surface area contributed by atoms with Gasteiger partial charge in [0.25, 0.3) is 5.91 Å². The van der Waals surface area contributed by atoms with Crippen molar-refractivity contribution in [1.82, 2.24) is 9.80 Å². The minimum atomic E-state index is -0.299. The van der Waals surface area contributed by atoms with Gasteiger partial charge in [-0.1, -0.05) is 48.0 Å². The third-order valence-electron chi connectivity index (χ3n) is 5.02. The van der Waals surface area contributed by atoms with Crippen molar-refractivity contribution in [2.75, 3.05) is 26.2 Å². The molecule has 5 heteroatoms. The van der Waals surface area contributed by atoms with Crippen LogP contribution in [-0.2, 0) is 4.79 Å². The van der Waals surface area contributed by atoms with E-state index in [2.05, 4.69) is 0 Å². The third kappa shape index (κ3) is 4.95. The summed E-state index contributed by atoms with van der Waals surface area (Å²) in [7, 11) is 0. The van der Waals surface area contributed by atoms with Gasteiger partial charge in [0.1, 0.15) is 0 Å². The molecule has 142 valence electrons. The van der Waals surface area contributed by atoms with Gasteiger partial charge >= 0.3 is 0 Å². The van der Waals surface area contributed by atoms with E-state index in [1.165, 1.54) is 0 Å². The monoisotopic (exact) mass is 365 g/mol. The zero-order valence-corrected chi connectivity index (χ0v) is 15.8. The number of nitrogens with two attached hydrogens (primary N) is 1. The number of rotatable bonds is 4. The first kappa shape index (κ1) is 19.1. The van der Waals surface area contributed by atoms with Gasteiger partial charge in [-0.3, -0.25) is 9.59 Å². The maximum atomic E-state index is 12.7. The van der Waals surface area contributed by atoms with E-state index >= 15 is 0 Å². The summed E-state index contributed by atoms with van der Waals surface area (Å²) >= 11 is 0. The lowest BCUT2D eigenvalue weighted by atomic mass is 10.0. The number of aryl methyl sites for hydroxylation is 1. The van der Waals surface area contributed by atoms with Crippen molar-refractivity contribution in [2.45, 2.75) is 25.8 Å². The average molecular weight is 365 g/mol. The lowest BCUT2D eigenvalue weighted by molar-refractivity contribution is -0.131. The van der Waals surface area contributed by atoms with Gasteiger partial charge in [-0.2, -0.15) is 0 Å². The van der Waals surface area contributed by atoms with Crippen LogP contribution in [0.2, 0.25) is 0 Å². The smallest absolute Gasteiger partial charge is 0.253 e. The second-order valence-corrected chi connectivity index (χ2v) is 7.12. The minimum Gasteiger partial charge on any atom is -0.341 e. The highest BCUT2D eigenvalue weighted by molar-refractivity contribution is 5.94. The normalized spacial score (nSPS) is 15.9. The molecule has 5 nitrogen and oxygen atoms in total. The number of carbonyl (C=O) groups is 2. The fourth-order valence-electron chi connectivity index (χ4n) is 3.47. The Morgan fingerprint density at radius 3 is 2.41 bits per heavy atom. The van der Waals surface area contributed by atoms with E-state index in [9.17, 15) is 9.59 Å². The Bertz CT molecular complexity index is 791. The largest absolute Gasteiger partial charge is 0.341 e. The highest BCUT2D eigenvalue weighted by Crippen LogP contribution is 2.16. The SMILES string of the molecule is Cc1cccc(C(=O)N2CCCN(C(=O)CC(N)c3ccccc3)CC2)c1. The van der Waals surface area contributed by atoms with Crippen LogP contribution in [0.3, 0.4) is 0 Å². The van der Waals surface area contributed by atoms with Gasteiger partial charge < -0.3 is 15.5 Å². The first-order valence-electron chi connectivity index (χ1n) is 9.49. The van der Waals surface area contributed by atoms with E-state index in [1.54, 1.807) is 0 Å². The molecule has 1 aliphatic rings. The van der Waals surface area contributed by atoms with Gasteiger partial charge in [0, 0.05) is 44.2 Å². The average Bonchev–Trinajstić information content (AvgIpc) is 2.94. The number of carbonyl (C=O) groups excluding carboxylic acids is 2. The number of hydrogen-bond donors (Lipinski definition) is 1. The van der Waals surface area contributed by atoms with Gasteiger partial charge in [-0.15, -0.1) is 0 Å². The summed E-state index contributed by atoms with van der Waals surface area (Å²) in [5.74, 6) is 0.0881. The zero-order valence-electron chi connectivity index (χ0n) is 15.8. The lowest BCUT2D eigenvalue weighted by Gasteiger charge is -2.23. The van der Waals surface area contributed by atoms with Crippen molar-refractivity contribution in [3.05, 3.63) is 71.3 Å². The number of amides is 2. The second-order valence-electron chi connectivity index (χ2n) is 7.12. The summed E-state index contributed by atoms with van der Waals surface area (Å²) < 4.78 is 0. The summed E-state index contributed by atoms with van der Waals surface area (Å²) in [6.07, 6.45) is 1.07. The number of hydrogen-bond acceptors (Lipinski definition) is 3. The molecule has 1 saturated heterocycles. The first-order chi connectivity index (χ1) is 13.0. The van der Waals surface area contributed by atoms with Crippen LogP contribution in [-0.4, -0.2) is 47.8 Å². The molecule has 0 aliphatic carbocycles. The Labute approximate surface area is 160 Å².